The van der Waals surface area contributed by atoms with Crippen LogP contribution in [0.2, 0.25) is 0 Å². The molecule has 0 radical (unpaired) electrons. The number of rotatable bonds is 5. The van der Waals surface area contributed by atoms with Crippen LogP contribution < -0.4 is 5.32 Å². The normalized spacial score (nSPS) is 30.8. The smallest absolute Gasteiger partial charge is 0.0110 e. The van der Waals surface area contributed by atoms with Crippen LogP contribution in [-0.4, -0.2) is 62.7 Å². The molecule has 0 amide bonds. The highest BCUT2D eigenvalue weighted by Gasteiger charge is 2.19. The summed E-state index contributed by atoms with van der Waals surface area (Å²) in [5.41, 5.74) is 0. The first kappa shape index (κ1) is 14.3. The van der Waals surface area contributed by atoms with E-state index >= 15 is 0 Å². The predicted molar refractivity (Wildman–Crippen MR) is 77.9 cm³/mol. The summed E-state index contributed by atoms with van der Waals surface area (Å²) in [6.07, 6.45) is 5.82. The van der Waals surface area contributed by atoms with Gasteiger partial charge in [0.05, 0.1) is 0 Å². The highest BCUT2D eigenvalue weighted by atomic mass is 15.2. The topological polar surface area (TPSA) is 18.5 Å². The van der Waals surface area contributed by atoms with Crippen molar-refractivity contribution in [2.75, 3.05) is 52.9 Å². The lowest BCUT2D eigenvalue weighted by molar-refractivity contribution is 0.173. The minimum atomic E-state index is 0.967. The van der Waals surface area contributed by atoms with Crippen molar-refractivity contribution in [1.29, 1.82) is 0 Å². The van der Waals surface area contributed by atoms with Gasteiger partial charge in [0.2, 0.25) is 0 Å². The fourth-order valence-electron chi connectivity index (χ4n) is 3.29. The van der Waals surface area contributed by atoms with E-state index < -0.39 is 0 Å². The average Bonchev–Trinajstić information content (AvgIpc) is 2.40. The Labute approximate surface area is 113 Å². The number of hydrogen-bond acceptors (Lipinski definition) is 3. The van der Waals surface area contributed by atoms with Crippen molar-refractivity contribution >= 4 is 0 Å². The Kier molecular flexibility index (Phi) is 5.93. The van der Waals surface area contributed by atoms with Crippen molar-refractivity contribution in [3.8, 4) is 0 Å². The monoisotopic (exact) mass is 253 g/mol. The van der Waals surface area contributed by atoms with E-state index in [2.05, 4.69) is 29.1 Å². The number of nitrogens with one attached hydrogen (secondary N) is 1. The van der Waals surface area contributed by atoms with Gasteiger partial charge >= 0.3 is 0 Å². The van der Waals surface area contributed by atoms with Crippen molar-refractivity contribution in [2.45, 2.75) is 32.6 Å². The van der Waals surface area contributed by atoms with Gasteiger partial charge in [0.25, 0.3) is 0 Å². The van der Waals surface area contributed by atoms with Gasteiger partial charge in [-0.25, -0.2) is 0 Å². The molecule has 0 bridgehead atoms. The number of hydrogen-bond donors (Lipinski definition) is 1. The maximum atomic E-state index is 3.42. The summed E-state index contributed by atoms with van der Waals surface area (Å²) in [6.45, 7) is 11.0. The van der Waals surface area contributed by atoms with Gasteiger partial charge in [-0.15, -0.1) is 0 Å². The fourth-order valence-corrected chi connectivity index (χ4v) is 3.29. The van der Waals surface area contributed by atoms with E-state index in [0.717, 1.165) is 11.8 Å². The molecule has 3 nitrogen and oxygen atoms in total. The second-order valence-corrected chi connectivity index (χ2v) is 6.48. The molecule has 0 atom stereocenters. The molecule has 1 heterocycles. The van der Waals surface area contributed by atoms with Crippen molar-refractivity contribution in [1.82, 2.24) is 15.1 Å². The molecule has 1 aliphatic heterocycles. The van der Waals surface area contributed by atoms with E-state index in [4.69, 9.17) is 0 Å². The highest BCUT2D eigenvalue weighted by Crippen LogP contribution is 2.28. The van der Waals surface area contributed by atoms with Gasteiger partial charge in [0, 0.05) is 45.8 Å². The summed E-state index contributed by atoms with van der Waals surface area (Å²) < 4.78 is 0. The summed E-state index contributed by atoms with van der Waals surface area (Å²) in [7, 11) is 2.31. The van der Waals surface area contributed by atoms with Gasteiger partial charge < -0.3 is 10.2 Å². The van der Waals surface area contributed by atoms with Gasteiger partial charge in [0.15, 0.2) is 0 Å². The van der Waals surface area contributed by atoms with Crippen molar-refractivity contribution in [3.05, 3.63) is 0 Å². The molecule has 3 heteroatoms. The molecule has 0 spiro atoms. The van der Waals surface area contributed by atoms with Gasteiger partial charge in [-0.1, -0.05) is 19.8 Å². The first-order valence-corrected chi connectivity index (χ1v) is 7.85. The Morgan fingerprint density at radius 1 is 1.11 bits per heavy atom. The Balaban J connectivity index is 1.58. The number of nitrogens with zero attached hydrogens (tertiary/aromatic N) is 2. The first-order valence-electron chi connectivity index (χ1n) is 7.85. The molecule has 1 aliphatic carbocycles. The van der Waals surface area contributed by atoms with Gasteiger partial charge in [-0.05, 0) is 31.7 Å². The Bertz CT molecular complexity index is 218. The second-order valence-electron chi connectivity index (χ2n) is 6.48. The summed E-state index contributed by atoms with van der Waals surface area (Å²) in [6, 6.07) is 0. The quantitative estimate of drug-likeness (QED) is 0.804. The largest absolute Gasteiger partial charge is 0.314 e. The molecule has 0 aromatic rings. The Morgan fingerprint density at radius 2 is 1.78 bits per heavy atom. The third-order valence-corrected chi connectivity index (χ3v) is 4.71. The molecule has 0 aromatic carbocycles. The van der Waals surface area contributed by atoms with Crippen molar-refractivity contribution in [3.63, 3.8) is 0 Å². The molecule has 1 N–H and O–H groups in total. The van der Waals surface area contributed by atoms with E-state index in [9.17, 15) is 0 Å². The standard InChI is InChI=1S/C15H31N3/c1-14-3-5-15(6-4-14)13-17(2)11-12-18-9-7-16-8-10-18/h14-16H,3-13H2,1-2H3. The predicted octanol–water partition coefficient (Wildman–Crippen LogP) is 1.65. The summed E-state index contributed by atoms with van der Waals surface area (Å²) in [5, 5.41) is 3.42. The van der Waals surface area contributed by atoms with Gasteiger partial charge in [-0.2, -0.15) is 0 Å². The minimum Gasteiger partial charge on any atom is -0.314 e. The number of piperazine rings is 1. The molecule has 0 aromatic heterocycles. The molecular weight excluding hydrogens is 222 g/mol. The minimum absolute atomic E-state index is 0.967. The van der Waals surface area contributed by atoms with E-state index in [1.807, 2.05) is 0 Å². The lowest BCUT2D eigenvalue weighted by Gasteiger charge is -2.32. The highest BCUT2D eigenvalue weighted by molar-refractivity contribution is 4.74. The molecule has 106 valence electrons. The van der Waals surface area contributed by atoms with E-state index in [0.29, 0.717) is 0 Å². The van der Waals surface area contributed by atoms with Crippen LogP contribution >= 0.6 is 0 Å². The van der Waals surface area contributed by atoms with Crippen molar-refractivity contribution in [2.24, 2.45) is 11.8 Å². The molecular formula is C15H31N3. The van der Waals surface area contributed by atoms with Crippen molar-refractivity contribution < 1.29 is 0 Å². The van der Waals surface area contributed by atoms with Crippen LogP contribution in [0.25, 0.3) is 0 Å². The van der Waals surface area contributed by atoms with Crippen LogP contribution in [0.15, 0.2) is 0 Å². The average molecular weight is 253 g/mol. The lowest BCUT2D eigenvalue weighted by Crippen LogP contribution is -2.46. The summed E-state index contributed by atoms with van der Waals surface area (Å²) in [4.78, 5) is 5.15. The van der Waals surface area contributed by atoms with Crippen LogP contribution in [0.5, 0.6) is 0 Å². The maximum Gasteiger partial charge on any atom is 0.0110 e. The van der Waals surface area contributed by atoms with Crippen LogP contribution in [0.3, 0.4) is 0 Å². The van der Waals surface area contributed by atoms with Crippen LogP contribution in [-0.2, 0) is 0 Å². The van der Waals surface area contributed by atoms with E-state index in [1.54, 1.807) is 0 Å². The summed E-state index contributed by atoms with van der Waals surface area (Å²) in [5.74, 6) is 1.95. The van der Waals surface area contributed by atoms with Crippen LogP contribution in [0.4, 0.5) is 0 Å². The van der Waals surface area contributed by atoms with Crippen LogP contribution in [0.1, 0.15) is 32.6 Å². The number of likely N-dealkylation sites (N-methyl/N-ethyl adjacent to an activating group) is 1. The zero-order valence-electron chi connectivity index (χ0n) is 12.3. The first-order chi connectivity index (χ1) is 8.74. The fraction of sp³-hybridized carbons (Fsp3) is 1.00. The SMILES string of the molecule is CC1CCC(CN(C)CCN2CCNCC2)CC1. The molecule has 2 fully saturated rings. The zero-order chi connectivity index (χ0) is 12.8. The maximum absolute atomic E-state index is 3.42. The lowest BCUT2D eigenvalue weighted by atomic mass is 9.83. The van der Waals surface area contributed by atoms with Crippen LogP contribution in [0, 0.1) is 11.8 Å². The zero-order valence-corrected chi connectivity index (χ0v) is 12.3. The molecule has 1 saturated carbocycles. The van der Waals surface area contributed by atoms with Gasteiger partial charge in [-0.3, -0.25) is 4.90 Å². The molecule has 2 rings (SSSR count). The summed E-state index contributed by atoms with van der Waals surface area (Å²) >= 11 is 0. The molecule has 18 heavy (non-hydrogen) atoms. The Morgan fingerprint density at radius 3 is 2.44 bits per heavy atom. The molecule has 1 saturated heterocycles. The third kappa shape index (κ3) is 4.87. The molecule has 0 unspecified atom stereocenters. The Hall–Kier alpha value is -0.120. The third-order valence-electron chi connectivity index (χ3n) is 4.71. The van der Waals surface area contributed by atoms with E-state index in [1.165, 1.54) is 71.5 Å². The molecule has 2 aliphatic rings. The van der Waals surface area contributed by atoms with Gasteiger partial charge in [0.1, 0.15) is 0 Å². The second kappa shape index (κ2) is 7.46. The van der Waals surface area contributed by atoms with E-state index in [-0.39, 0.29) is 0 Å².